The number of benzene rings is 3. The van der Waals surface area contributed by atoms with Gasteiger partial charge in [-0.3, -0.25) is 4.90 Å². The maximum absolute atomic E-state index is 9.14. The topological polar surface area (TPSA) is 30.3 Å². The molecule has 0 saturated carbocycles. The van der Waals surface area contributed by atoms with Crippen molar-refractivity contribution in [1.29, 1.82) is 5.26 Å². The number of halogens is 1. The van der Waals surface area contributed by atoms with Crippen LogP contribution in [0.2, 0.25) is 5.02 Å². The molecule has 28 heavy (non-hydrogen) atoms. The molecule has 0 spiro atoms. The summed E-state index contributed by atoms with van der Waals surface area (Å²) in [7, 11) is 0. The number of rotatable bonds is 4. The van der Waals surface area contributed by atoms with Gasteiger partial charge in [-0.05, 0) is 29.3 Å². The number of hydrogen-bond acceptors (Lipinski definition) is 3. The lowest BCUT2D eigenvalue weighted by molar-refractivity contribution is 0.215. The first-order valence-electron chi connectivity index (χ1n) is 9.52. The molecule has 0 aromatic heterocycles. The van der Waals surface area contributed by atoms with Gasteiger partial charge in [0.15, 0.2) is 0 Å². The summed E-state index contributed by atoms with van der Waals surface area (Å²) in [5.74, 6) is 0. The van der Waals surface area contributed by atoms with E-state index in [0.717, 1.165) is 31.9 Å². The van der Waals surface area contributed by atoms with Gasteiger partial charge >= 0.3 is 0 Å². The minimum absolute atomic E-state index is 0.212. The fourth-order valence-corrected chi connectivity index (χ4v) is 4.17. The number of hydrogen-bond donors (Lipinski definition) is 0. The second-order valence-corrected chi connectivity index (χ2v) is 7.53. The summed E-state index contributed by atoms with van der Waals surface area (Å²) in [4.78, 5) is 4.88. The Bertz CT molecular complexity index is 966. The van der Waals surface area contributed by atoms with E-state index >= 15 is 0 Å². The van der Waals surface area contributed by atoms with Gasteiger partial charge in [-0.25, -0.2) is 0 Å². The first-order valence-corrected chi connectivity index (χ1v) is 9.90. The van der Waals surface area contributed by atoms with Crippen molar-refractivity contribution in [3.63, 3.8) is 0 Å². The van der Waals surface area contributed by atoms with Crippen LogP contribution in [0.4, 0.5) is 5.69 Å². The Morgan fingerprint density at radius 2 is 1.64 bits per heavy atom. The molecule has 140 valence electrons. The first-order chi connectivity index (χ1) is 13.7. The Labute approximate surface area is 171 Å². The second-order valence-electron chi connectivity index (χ2n) is 7.12. The monoisotopic (exact) mass is 387 g/mol. The van der Waals surface area contributed by atoms with Crippen LogP contribution >= 0.6 is 11.6 Å². The highest BCUT2D eigenvalue weighted by Crippen LogP contribution is 2.36. The molecule has 0 bridgehead atoms. The zero-order chi connectivity index (χ0) is 19.3. The third kappa shape index (κ3) is 4.04. The van der Waals surface area contributed by atoms with Crippen LogP contribution in [-0.4, -0.2) is 24.5 Å². The SMILES string of the molecule is N#Cc1ccc(N2CCN(Cc3ccccc3)C[C@H]2c2ccccc2)c(Cl)c1. The Hall–Kier alpha value is -2.80. The highest BCUT2D eigenvalue weighted by molar-refractivity contribution is 6.33. The number of piperazine rings is 1. The molecule has 1 heterocycles. The maximum Gasteiger partial charge on any atom is 0.0992 e. The van der Waals surface area contributed by atoms with Crippen LogP contribution in [0.5, 0.6) is 0 Å². The van der Waals surface area contributed by atoms with E-state index in [9.17, 15) is 0 Å². The van der Waals surface area contributed by atoms with E-state index in [0.29, 0.717) is 10.6 Å². The van der Waals surface area contributed by atoms with Crippen molar-refractivity contribution in [3.05, 3.63) is 101 Å². The molecule has 0 radical (unpaired) electrons. The van der Waals surface area contributed by atoms with Crippen LogP contribution in [0.25, 0.3) is 0 Å². The molecule has 4 rings (SSSR count). The summed E-state index contributed by atoms with van der Waals surface area (Å²) >= 11 is 6.55. The normalized spacial score (nSPS) is 17.3. The average Bonchev–Trinajstić information content (AvgIpc) is 2.75. The summed E-state index contributed by atoms with van der Waals surface area (Å²) in [6, 6.07) is 29.2. The molecule has 1 fully saturated rings. The molecule has 0 amide bonds. The van der Waals surface area contributed by atoms with Gasteiger partial charge in [-0.2, -0.15) is 5.26 Å². The third-order valence-corrected chi connectivity index (χ3v) is 5.59. The third-order valence-electron chi connectivity index (χ3n) is 5.28. The zero-order valence-corrected chi connectivity index (χ0v) is 16.4. The number of nitrogens with zero attached hydrogens (tertiary/aromatic N) is 3. The fourth-order valence-electron chi connectivity index (χ4n) is 3.88. The standard InChI is InChI=1S/C24H22ClN3/c25-22-15-20(16-26)11-12-23(22)28-14-13-27(17-19-7-3-1-4-8-19)18-24(28)21-9-5-2-6-10-21/h1-12,15,24H,13-14,17-18H2/t24-/m0/s1. The van der Waals surface area contributed by atoms with Crippen molar-refractivity contribution in [3.8, 4) is 6.07 Å². The van der Waals surface area contributed by atoms with E-state index in [4.69, 9.17) is 16.9 Å². The summed E-state index contributed by atoms with van der Waals surface area (Å²) in [5.41, 5.74) is 4.20. The molecule has 1 aliphatic rings. The average molecular weight is 388 g/mol. The van der Waals surface area contributed by atoms with Crippen LogP contribution in [0.3, 0.4) is 0 Å². The van der Waals surface area contributed by atoms with Gasteiger partial charge in [0.05, 0.1) is 28.4 Å². The van der Waals surface area contributed by atoms with Crippen molar-refractivity contribution in [2.24, 2.45) is 0 Å². The highest BCUT2D eigenvalue weighted by Gasteiger charge is 2.29. The molecule has 3 aromatic rings. The Balaban J connectivity index is 1.63. The van der Waals surface area contributed by atoms with E-state index in [1.54, 1.807) is 6.07 Å². The summed E-state index contributed by atoms with van der Waals surface area (Å²) < 4.78 is 0. The van der Waals surface area contributed by atoms with Crippen LogP contribution in [-0.2, 0) is 6.54 Å². The Morgan fingerprint density at radius 1 is 0.929 bits per heavy atom. The summed E-state index contributed by atoms with van der Waals surface area (Å²) in [6.45, 7) is 3.72. The van der Waals surface area contributed by atoms with E-state index in [2.05, 4.69) is 70.5 Å². The molecule has 1 aliphatic heterocycles. The molecular formula is C24H22ClN3. The largest absolute Gasteiger partial charge is 0.361 e. The molecule has 0 aliphatic carbocycles. The van der Waals surface area contributed by atoms with Crippen LogP contribution in [0, 0.1) is 11.3 Å². The minimum atomic E-state index is 0.212. The molecule has 3 aromatic carbocycles. The van der Waals surface area contributed by atoms with Crippen molar-refractivity contribution in [2.75, 3.05) is 24.5 Å². The van der Waals surface area contributed by atoms with E-state index in [-0.39, 0.29) is 6.04 Å². The Morgan fingerprint density at radius 3 is 2.32 bits per heavy atom. The van der Waals surface area contributed by atoms with Crippen molar-refractivity contribution in [2.45, 2.75) is 12.6 Å². The lowest BCUT2D eigenvalue weighted by Crippen LogP contribution is -2.48. The summed E-state index contributed by atoms with van der Waals surface area (Å²) in [6.07, 6.45) is 0. The highest BCUT2D eigenvalue weighted by atomic mass is 35.5. The van der Waals surface area contributed by atoms with E-state index in [1.807, 2.05) is 18.2 Å². The lowest BCUT2D eigenvalue weighted by Gasteiger charge is -2.43. The zero-order valence-electron chi connectivity index (χ0n) is 15.6. The van der Waals surface area contributed by atoms with Crippen LogP contribution in [0.15, 0.2) is 78.9 Å². The van der Waals surface area contributed by atoms with Crippen LogP contribution < -0.4 is 4.90 Å². The molecule has 0 N–H and O–H groups in total. The van der Waals surface area contributed by atoms with Crippen molar-refractivity contribution in [1.82, 2.24) is 4.90 Å². The predicted octanol–water partition coefficient (Wildman–Crippen LogP) is 5.28. The van der Waals surface area contributed by atoms with Gasteiger partial charge in [0.1, 0.15) is 0 Å². The molecule has 3 nitrogen and oxygen atoms in total. The molecule has 4 heteroatoms. The van der Waals surface area contributed by atoms with Gasteiger partial charge < -0.3 is 4.90 Å². The van der Waals surface area contributed by atoms with Gasteiger partial charge in [-0.15, -0.1) is 0 Å². The quantitative estimate of drug-likeness (QED) is 0.610. The lowest BCUT2D eigenvalue weighted by atomic mass is 10.0. The number of anilines is 1. The Kier molecular flexibility index (Phi) is 5.62. The van der Waals surface area contributed by atoms with Gasteiger partial charge in [0.25, 0.3) is 0 Å². The minimum Gasteiger partial charge on any atom is -0.361 e. The van der Waals surface area contributed by atoms with Crippen molar-refractivity contribution < 1.29 is 0 Å². The predicted molar refractivity (Wildman–Crippen MR) is 114 cm³/mol. The fraction of sp³-hybridized carbons (Fsp3) is 0.208. The van der Waals surface area contributed by atoms with E-state index in [1.165, 1.54) is 11.1 Å². The van der Waals surface area contributed by atoms with Crippen molar-refractivity contribution >= 4 is 17.3 Å². The van der Waals surface area contributed by atoms with Crippen LogP contribution in [0.1, 0.15) is 22.7 Å². The van der Waals surface area contributed by atoms with Gasteiger partial charge in [0.2, 0.25) is 0 Å². The smallest absolute Gasteiger partial charge is 0.0992 e. The molecule has 0 unspecified atom stereocenters. The van der Waals surface area contributed by atoms with Gasteiger partial charge in [0, 0.05) is 26.2 Å². The maximum atomic E-state index is 9.14. The summed E-state index contributed by atoms with van der Waals surface area (Å²) in [5, 5.41) is 9.77. The second kappa shape index (κ2) is 8.48. The first kappa shape index (κ1) is 18.6. The number of nitriles is 1. The molecular weight excluding hydrogens is 366 g/mol. The molecule has 1 atom stereocenters. The molecule has 1 saturated heterocycles. The van der Waals surface area contributed by atoms with E-state index < -0.39 is 0 Å². The van der Waals surface area contributed by atoms with Gasteiger partial charge in [-0.1, -0.05) is 72.3 Å².